The lowest BCUT2D eigenvalue weighted by molar-refractivity contribution is 0.0693. The largest absolute Gasteiger partial charge is 0.326 e. The molecule has 4 rings (SSSR count). The van der Waals surface area contributed by atoms with Crippen LogP contribution in [0.3, 0.4) is 0 Å². The highest BCUT2D eigenvalue weighted by molar-refractivity contribution is 7.10. The van der Waals surface area contributed by atoms with Crippen molar-refractivity contribution in [1.29, 1.82) is 0 Å². The van der Waals surface area contributed by atoms with Crippen molar-refractivity contribution in [3.05, 3.63) is 87.1 Å². The van der Waals surface area contributed by atoms with Crippen LogP contribution in [0.15, 0.2) is 60.0 Å². The molecule has 1 unspecified atom stereocenters. The van der Waals surface area contributed by atoms with E-state index >= 15 is 0 Å². The number of aryl methyl sites for hydroxylation is 1. The molecule has 0 saturated heterocycles. The fraction of sp³-hybridized carbons (Fsp3) is 0.136. The van der Waals surface area contributed by atoms with Gasteiger partial charge in [-0.1, -0.05) is 35.9 Å². The van der Waals surface area contributed by atoms with Gasteiger partial charge in [0, 0.05) is 17.6 Å². The molecule has 1 aliphatic rings. The number of fused-ring (bicyclic) bond motifs is 1. The molecule has 2 heterocycles. The van der Waals surface area contributed by atoms with Crippen molar-refractivity contribution >= 4 is 34.9 Å². The summed E-state index contributed by atoms with van der Waals surface area (Å²) in [6.45, 7) is 2.02. The number of rotatable bonds is 4. The molecule has 0 spiro atoms. The Balaban J connectivity index is 1.54. The van der Waals surface area contributed by atoms with Crippen LogP contribution in [0.25, 0.3) is 0 Å². The number of hydrogen-bond acceptors (Lipinski definition) is 4. The van der Waals surface area contributed by atoms with Gasteiger partial charge in [0.1, 0.15) is 0 Å². The van der Waals surface area contributed by atoms with E-state index in [4.69, 9.17) is 0 Å². The van der Waals surface area contributed by atoms with Gasteiger partial charge in [-0.2, -0.15) is 0 Å². The first-order valence-electron chi connectivity index (χ1n) is 9.08. The van der Waals surface area contributed by atoms with Gasteiger partial charge >= 0.3 is 6.03 Å². The summed E-state index contributed by atoms with van der Waals surface area (Å²) >= 11 is 1.57. The summed E-state index contributed by atoms with van der Waals surface area (Å²) in [4.78, 5) is 38.9. The maximum atomic E-state index is 12.7. The summed E-state index contributed by atoms with van der Waals surface area (Å²) in [7, 11) is 1.44. The van der Waals surface area contributed by atoms with Crippen molar-refractivity contribution in [3.8, 4) is 0 Å². The van der Waals surface area contributed by atoms with Gasteiger partial charge in [-0.25, -0.2) is 4.79 Å². The van der Waals surface area contributed by atoms with Gasteiger partial charge in [0.15, 0.2) is 0 Å². The zero-order valence-electron chi connectivity index (χ0n) is 15.9. The summed E-state index contributed by atoms with van der Waals surface area (Å²) < 4.78 is 0. The molecule has 1 aliphatic heterocycles. The summed E-state index contributed by atoms with van der Waals surface area (Å²) in [6.07, 6.45) is 0. The number of benzene rings is 2. The zero-order valence-corrected chi connectivity index (χ0v) is 16.7. The molecule has 29 heavy (non-hydrogen) atoms. The summed E-state index contributed by atoms with van der Waals surface area (Å²) in [5.41, 5.74) is 3.21. The number of thiophene rings is 1. The van der Waals surface area contributed by atoms with Crippen LogP contribution in [-0.4, -0.2) is 29.8 Å². The predicted octanol–water partition coefficient (Wildman–Crippen LogP) is 4.19. The Morgan fingerprint density at radius 2 is 1.72 bits per heavy atom. The molecule has 7 heteroatoms. The van der Waals surface area contributed by atoms with Crippen molar-refractivity contribution < 1.29 is 14.4 Å². The van der Waals surface area contributed by atoms with Crippen molar-refractivity contribution in [3.63, 3.8) is 0 Å². The Kier molecular flexibility index (Phi) is 4.90. The van der Waals surface area contributed by atoms with E-state index in [1.807, 2.05) is 48.7 Å². The Hall–Kier alpha value is -3.45. The average molecular weight is 405 g/mol. The fourth-order valence-corrected chi connectivity index (χ4v) is 4.07. The molecule has 146 valence electrons. The van der Waals surface area contributed by atoms with Crippen LogP contribution in [0.4, 0.5) is 10.5 Å². The van der Waals surface area contributed by atoms with Crippen LogP contribution in [0.1, 0.15) is 42.8 Å². The molecule has 6 nitrogen and oxygen atoms in total. The SMILES string of the molecule is Cc1ccc(C(NC(=O)Nc2ccc3c(c2)C(=O)N(C)C3=O)c2cccs2)cc1. The fourth-order valence-electron chi connectivity index (χ4n) is 3.27. The lowest BCUT2D eigenvalue weighted by atomic mass is 10.0. The van der Waals surface area contributed by atoms with Crippen LogP contribution < -0.4 is 10.6 Å². The smallest absolute Gasteiger partial charge is 0.320 e. The van der Waals surface area contributed by atoms with Crippen molar-refractivity contribution in [2.24, 2.45) is 0 Å². The summed E-state index contributed by atoms with van der Waals surface area (Å²) in [5.74, 6) is -0.705. The van der Waals surface area contributed by atoms with E-state index in [2.05, 4.69) is 10.6 Å². The minimum absolute atomic E-state index is 0.292. The van der Waals surface area contributed by atoms with Gasteiger partial charge in [0.05, 0.1) is 17.2 Å². The Bertz CT molecular complexity index is 1090. The van der Waals surface area contributed by atoms with Crippen LogP contribution >= 0.6 is 11.3 Å². The van der Waals surface area contributed by atoms with E-state index in [1.165, 1.54) is 13.1 Å². The molecule has 0 bridgehead atoms. The number of nitrogens with zero attached hydrogens (tertiary/aromatic N) is 1. The molecule has 0 aliphatic carbocycles. The monoisotopic (exact) mass is 405 g/mol. The molecule has 0 radical (unpaired) electrons. The third kappa shape index (κ3) is 3.64. The number of anilines is 1. The van der Waals surface area contributed by atoms with Crippen molar-refractivity contribution in [2.45, 2.75) is 13.0 Å². The Labute approximate surface area is 172 Å². The van der Waals surface area contributed by atoms with Gasteiger partial charge in [0.25, 0.3) is 11.8 Å². The van der Waals surface area contributed by atoms with Crippen LogP contribution in [-0.2, 0) is 0 Å². The second kappa shape index (κ2) is 7.52. The normalized spacial score (nSPS) is 13.9. The maximum absolute atomic E-state index is 12.7. The van der Waals surface area contributed by atoms with E-state index in [0.717, 1.165) is 20.9 Å². The highest BCUT2D eigenvalue weighted by Gasteiger charge is 2.32. The van der Waals surface area contributed by atoms with Gasteiger partial charge in [0.2, 0.25) is 0 Å². The molecule has 0 fully saturated rings. The Morgan fingerprint density at radius 3 is 2.41 bits per heavy atom. The number of hydrogen-bond donors (Lipinski definition) is 2. The van der Waals surface area contributed by atoms with Crippen molar-refractivity contribution in [2.75, 3.05) is 12.4 Å². The number of nitrogens with one attached hydrogen (secondary N) is 2. The average Bonchev–Trinajstić information content (AvgIpc) is 3.31. The molecule has 2 aromatic carbocycles. The number of carbonyl (C=O) groups excluding carboxylic acids is 3. The standard InChI is InChI=1S/C22H19N3O3S/c1-13-5-7-14(8-6-13)19(18-4-3-11-29-18)24-22(28)23-15-9-10-16-17(12-15)21(27)25(2)20(16)26/h3-12,19H,1-2H3,(H2,23,24,28). The first kappa shape index (κ1) is 18.9. The second-order valence-electron chi connectivity index (χ2n) is 6.89. The van der Waals surface area contributed by atoms with Crippen LogP contribution in [0.5, 0.6) is 0 Å². The van der Waals surface area contributed by atoms with E-state index < -0.39 is 6.03 Å². The van der Waals surface area contributed by atoms with E-state index in [-0.39, 0.29) is 17.9 Å². The number of urea groups is 1. The number of imide groups is 1. The lowest BCUT2D eigenvalue weighted by Gasteiger charge is -2.19. The molecular weight excluding hydrogens is 386 g/mol. The minimum atomic E-state index is -0.394. The van der Waals surface area contributed by atoms with Crippen LogP contribution in [0, 0.1) is 6.92 Å². The third-order valence-corrected chi connectivity index (χ3v) is 5.80. The highest BCUT2D eigenvalue weighted by Crippen LogP contribution is 2.27. The molecule has 3 aromatic rings. The van der Waals surface area contributed by atoms with E-state index in [9.17, 15) is 14.4 Å². The third-order valence-electron chi connectivity index (χ3n) is 4.86. The minimum Gasteiger partial charge on any atom is -0.326 e. The molecule has 0 saturated carbocycles. The quantitative estimate of drug-likeness (QED) is 0.639. The first-order chi connectivity index (χ1) is 13.9. The lowest BCUT2D eigenvalue weighted by Crippen LogP contribution is -2.32. The maximum Gasteiger partial charge on any atom is 0.320 e. The molecule has 1 atom stereocenters. The number of amides is 4. The van der Waals surface area contributed by atoms with Gasteiger partial charge in [-0.05, 0) is 42.1 Å². The first-order valence-corrected chi connectivity index (χ1v) is 9.96. The van der Waals surface area contributed by atoms with Gasteiger partial charge in [-0.15, -0.1) is 11.3 Å². The summed E-state index contributed by atoms with van der Waals surface area (Å²) in [5, 5.41) is 7.73. The van der Waals surface area contributed by atoms with Gasteiger partial charge in [-0.3, -0.25) is 14.5 Å². The molecular formula is C22H19N3O3S. The zero-order chi connectivity index (χ0) is 20.5. The van der Waals surface area contributed by atoms with Gasteiger partial charge < -0.3 is 10.6 Å². The second-order valence-corrected chi connectivity index (χ2v) is 7.87. The molecule has 1 aromatic heterocycles. The van der Waals surface area contributed by atoms with E-state index in [0.29, 0.717) is 16.8 Å². The topological polar surface area (TPSA) is 78.5 Å². The van der Waals surface area contributed by atoms with Crippen molar-refractivity contribution in [1.82, 2.24) is 10.2 Å². The predicted molar refractivity (Wildman–Crippen MR) is 112 cm³/mol. The van der Waals surface area contributed by atoms with Crippen LogP contribution in [0.2, 0.25) is 0 Å². The number of carbonyl (C=O) groups is 3. The molecule has 4 amide bonds. The summed E-state index contributed by atoms with van der Waals surface area (Å²) in [6, 6.07) is 16.0. The highest BCUT2D eigenvalue weighted by atomic mass is 32.1. The molecule has 2 N–H and O–H groups in total. The van der Waals surface area contributed by atoms with E-state index in [1.54, 1.807) is 23.5 Å². The Morgan fingerprint density at radius 1 is 1.00 bits per heavy atom.